The van der Waals surface area contributed by atoms with Gasteiger partial charge in [-0.2, -0.15) is 0 Å². The van der Waals surface area contributed by atoms with E-state index in [1.807, 2.05) is 12.5 Å². The SMILES string of the molecule is CC(C)n1cncc1C1CN=C(N)N1C1CC1. The number of nitrogens with two attached hydrogens (primary N) is 1. The molecule has 0 bridgehead atoms. The van der Waals surface area contributed by atoms with E-state index in [9.17, 15) is 0 Å². The maximum absolute atomic E-state index is 5.99. The molecular weight excluding hydrogens is 214 g/mol. The van der Waals surface area contributed by atoms with Crippen molar-refractivity contribution in [3.05, 3.63) is 18.2 Å². The molecule has 5 heteroatoms. The number of aliphatic imine (C=N–C) groups is 1. The minimum absolute atomic E-state index is 0.285. The van der Waals surface area contributed by atoms with Crippen molar-refractivity contribution >= 4 is 5.96 Å². The van der Waals surface area contributed by atoms with Crippen molar-refractivity contribution < 1.29 is 0 Å². The largest absolute Gasteiger partial charge is 0.370 e. The lowest BCUT2D eigenvalue weighted by Gasteiger charge is -2.27. The average Bonchev–Trinajstić information content (AvgIpc) is 2.87. The summed E-state index contributed by atoms with van der Waals surface area (Å²) < 4.78 is 2.22. The molecule has 92 valence electrons. The van der Waals surface area contributed by atoms with Crippen LogP contribution in [0.5, 0.6) is 0 Å². The van der Waals surface area contributed by atoms with Crippen molar-refractivity contribution in [1.82, 2.24) is 14.5 Å². The Bertz CT molecular complexity index is 444. The molecular formula is C12H19N5. The molecule has 3 rings (SSSR count). The third-order valence-corrected chi connectivity index (χ3v) is 3.56. The summed E-state index contributed by atoms with van der Waals surface area (Å²) in [5, 5.41) is 0. The van der Waals surface area contributed by atoms with E-state index >= 15 is 0 Å². The van der Waals surface area contributed by atoms with Crippen LogP contribution in [-0.4, -0.2) is 33.0 Å². The molecule has 0 aromatic carbocycles. The van der Waals surface area contributed by atoms with Gasteiger partial charge in [-0.3, -0.25) is 4.99 Å². The predicted octanol–water partition coefficient (Wildman–Crippen LogP) is 1.30. The lowest BCUT2D eigenvalue weighted by atomic mass is 10.2. The highest BCUT2D eigenvalue weighted by Crippen LogP contribution is 2.37. The number of hydrogen-bond donors (Lipinski definition) is 1. The summed E-state index contributed by atoms with van der Waals surface area (Å²) in [4.78, 5) is 10.9. The first kappa shape index (κ1) is 10.6. The summed E-state index contributed by atoms with van der Waals surface area (Å²) in [6.45, 7) is 5.11. The number of hydrogen-bond acceptors (Lipinski definition) is 4. The molecule has 1 aliphatic heterocycles. The number of imidazole rings is 1. The van der Waals surface area contributed by atoms with Crippen LogP contribution < -0.4 is 5.73 Å². The van der Waals surface area contributed by atoms with E-state index in [2.05, 4.69) is 33.3 Å². The van der Waals surface area contributed by atoms with Crippen LogP contribution in [0.3, 0.4) is 0 Å². The number of nitrogens with zero attached hydrogens (tertiary/aromatic N) is 4. The van der Waals surface area contributed by atoms with Crippen LogP contribution >= 0.6 is 0 Å². The molecule has 0 spiro atoms. The van der Waals surface area contributed by atoms with Crippen LogP contribution in [0.4, 0.5) is 0 Å². The minimum atomic E-state index is 0.285. The van der Waals surface area contributed by atoms with Crippen molar-refractivity contribution in [3.8, 4) is 0 Å². The maximum Gasteiger partial charge on any atom is 0.192 e. The average molecular weight is 233 g/mol. The van der Waals surface area contributed by atoms with E-state index in [4.69, 9.17) is 5.73 Å². The van der Waals surface area contributed by atoms with Crippen LogP contribution in [0.1, 0.15) is 44.5 Å². The van der Waals surface area contributed by atoms with E-state index < -0.39 is 0 Å². The summed E-state index contributed by atoms with van der Waals surface area (Å²) >= 11 is 0. The van der Waals surface area contributed by atoms with E-state index in [0.29, 0.717) is 18.0 Å². The summed E-state index contributed by atoms with van der Waals surface area (Å²) in [7, 11) is 0. The van der Waals surface area contributed by atoms with Crippen LogP contribution in [0.15, 0.2) is 17.5 Å². The fraction of sp³-hybridized carbons (Fsp3) is 0.667. The Hall–Kier alpha value is -1.52. The van der Waals surface area contributed by atoms with Gasteiger partial charge in [0.15, 0.2) is 5.96 Å². The van der Waals surface area contributed by atoms with Crippen molar-refractivity contribution in [1.29, 1.82) is 0 Å². The van der Waals surface area contributed by atoms with Gasteiger partial charge >= 0.3 is 0 Å². The van der Waals surface area contributed by atoms with Crippen LogP contribution in [0.2, 0.25) is 0 Å². The van der Waals surface area contributed by atoms with Gasteiger partial charge in [0.25, 0.3) is 0 Å². The molecule has 17 heavy (non-hydrogen) atoms. The number of rotatable bonds is 3. The molecule has 1 fully saturated rings. The highest BCUT2D eigenvalue weighted by molar-refractivity contribution is 5.81. The molecule has 1 aromatic heterocycles. The predicted molar refractivity (Wildman–Crippen MR) is 66.7 cm³/mol. The summed E-state index contributed by atoms with van der Waals surface area (Å²) in [6.07, 6.45) is 6.33. The Morgan fingerprint density at radius 1 is 1.41 bits per heavy atom. The summed E-state index contributed by atoms with van der Waals surface area (Å²) in [5.41, 5.74) is 7.22. The van der Waals surface area contributed by atoms with E-state index in [1.54, 1.807) is 0 Å². The Morgan fingerprint density at radius 3 is 2.82 bits per heavy atom. The molecule has 1 atom stereocenters. The van der Waals surface area contributed by atoms with Crippen LogP contribution in [-0.2, 0) is 0 Å². The highest BCUT2D eigenvalue weighted by Gasteiger charge is 2.40. The Balaban J connectivity index is 1.91. The minimum Gasteiger partial charge on any atom is -0.370 e. The highest BCUT2D eigenvalue weighted by atomic mass is 15.4. The van der Waals surface area contributed by atoms with E-state index in [0.717, 1.165) is 6.54 Å². The second-order valence-corrected chi connectivity index (χ2v) is 5.17. The molecule has 0 amide bonds. The molecule has 2 aliphatic rings. The molecule has 0 saturated heterocycles. The fourth-order valence-corrected chi connectivity index (χ4v) is 2.54. The van der Waals surface area contributed by atoms with Crippen molar-refractivity contribution in [3.63, 3.8) is 0 Å². The Labute approximate surface area is 101 Å². The Kier molecular flexibility index (Phi) is 2.34. The molecule has 0 radical (unpaired) electrons. The number of aromatic nitrogens is 2. The zero-order valence-corrected chi connectivity index (χ0v) is 10.4. The van der Waals surface area contributed by atoms with Gasteiger partial charge in [-0.1, -0.05) is 0 Å². The molecule has 1 aromatic rings. The van der Waals surface area contributed by atoms with E-state index in [-0.39, 0.29) is 6.04 Å². The molecule has 5 nitrogen and oxygen atoms in total. The van der Waals surface area contributed by atoms with Gasteiger partial charge in [-0.05, 0) is 26.7 Å². The second-order valence-electron chi connectivity index (χ2n) is 5.17. The molecule has 2 N–H and O–H groups in total. The fourth-order valence-electron chi connectivity index (χ4n) is 2.54. The zero-order valence-electron chi connectivity index (χ0n) is 10.4. The summed E-state index contributed by atoms with van der Waals surface area (Å²) in [6, 6.07) is 1.31. The smallest absolute Gasteiger partial charge is 0.192 e. The quantitative estimate of drug-likeness (QED) is 0.856. The monoisotopic (exact) mass is 233 g/mol. The van der Waals surface area contributed by atoms with Crippen molar-refractivity contribution in [2.45, 2.75) is 44.8 Å². The lowest BCUT2D eigenvalue weighted by molar-refractivity contribution is 0.320. The third-order valence-electron chi connectivity index (χ3n) is 3.56. The topological polar surface area (TPSA) is 59.4 Å². The second kappa shape index (κ2) is 3.75. The lowest BCUT2D eigenvalue weighted by Crippen LogP contribution is -2.38. The van der Waals surface area contributed by atoms with Crippen LogP contribution in [0.25, 0.3) is 0 Å². The van der Waals surface area contributed by atoms with Gasteiger partial charge in [0.2, 0.25) is 0 Å². The van der Waals surface area contributed by atoms with Crippen molar-refractivity contribution in [2.75, 3.05) is 6.54 Å². The summed E-state index contributed by atoms with van der Waals surface area (Å²) in [5.74, 6) is 0.703. The first-order valence-corrected chi connectivity index (χ1v) is 6.28. The molecule has 1 unspecified atom stereocenters. The third kappa shape index (κ3) is 1.69. The zero-order chi connectivity index (χ0) is 12.0. The van der Waals surface area contributed by atoms with Gasteiger partial charge in [-0.25, -0.2) is 4.98 Å². The van der Waals surface area contributed by atoms with Gasteiger partial charge in [0, 0.05) is 12.1 Å². The van der Waals surface area contributed by atoms with Gasteiger partial charge in [0.1, 0.15) is 0 Å². The molecule has 1 aliphatic carbocycles. The van der Waals surface area contributed by atoms with Gasteiger partial charge in [0.05, 0.1) is 30.8 Å². The molecule has 1 saturated carbocycles. The van der Waals surface area contributed by atoms with Gasteiger partial charge < -0.3 is 15.2 Å². The first-order valence-electron chi connectivity index (χ1n) is 6.28. The first-order chi connectivity index (χ1) is 8.18. The number of guanidine groups is 1. The normalized spacial score (nSPS) is 24.5. The Morgan fingerprint density at radius 2 is 2.18 bits per heavy atom. The van der Waals surface area contributed by atoms with Gasteiger partial charge in [-0.15, -0.1) is 0 Å². The molecule has 2 heterocycles. The van der Waals surface area contributed by atoms with Crippen molar-refractivity contribution in [2.24, 2.45) is 10.7 Å². The van der Waals surface area contributed by atoms with E-state index in [1.165, 1.54) is 18.5 Å². The maximum atomic E-state index is 5.99. The standard InChI is InChI=1S/C12H19N5/c1-8(2)16-7-14-5-10(16)11-6-15-12(13)17(11)9-3-4-9/h5,7-9,11H,3-4,6H2,1-2H3,(H2,13,15). The van der Waals surface area contributed by atoms with Crippen LogP contribution in [0, 0.1) is 0 Å².